The summed E-state index contributed by atoms with van der Waals surface area (Å²) in [5.74, 6) is 0. The molecule has 2 rings (SSSR count). The van der Waals surface area contributed by atoms with E-state index in [1.165, 1.54) is 0 Å². The van der Waals surface area contributed by atoms with Gasteiger partial charge in [-0.2, -0.15) is 0 Å². The van der Waals surface area contributed by atoms with E-state index in [4.69, 9.17) is 4.74 Å². The first kappa shape index (κ1) is 7.70. The van der Waals surface area contributed by atoms with E-state index in [0.717, 1.165) is 26.3 Å². The summed E-state index contributed by atoms with van der Waals surface area (Å²) < 4.78 is 5.24. The molecule has 0 radical (unpaired) electrons. The van der Waals surface area contributed by atoms with Crippen molar-refractivity contribution < 1.29 is 4.74 Å². The number of ether oxygens (including phenoxy) is 1. The minimum Gasteiger partial charge on any atom is -0.379 e. The molecule has 1 fully saturated rings. The maximum absolute atomic E-state index is 5.24. The third-order valence-electron chi connectivity index (χ3n) is 1.93. The van der Waals surface area contributed by atoms with E-state index < -0.39 is 0 Å². The Hall–Kier alpha value is -0.940. The van der Waals surface area contributed by atoms with E-state index in [1.807, 2.05) is 5.01 Å². The van der Waals surface area contributed by atoms with Crippen molar-refractivity contribution in [1.82, 2.24) is 10.0 Å². The van der Waals surface area contributed by atoms with Crippen molar-refractivity contribution in [3.05, 3.63) is 0 Å². The molecule has 2 aliphatic rings. The average molecular weight is 168 g/mol. The van der Waals surface area contributed by atoms with Crippen LogP contribution in [0.5, 0.6) is 0 Å². The fourth-order valence-corrected chi connectivity index (χ4v) is 1.28. The summed E-state index contributed by atoms with van der Waals surface area (Å²) in [6.45, 7) is 4.15. The summed E-state index contributed by atoms with van der Waals surface area (Å²) in [6.07, 6.45) is 3.38. The first-order valence-corrected chi connectivity index (χ1v) is 4.08. The van der Waals surface area contributed by atoms with Gasteiger partial charge in [-0.05, 0) is 0 Å². The van der Waals surface area contributed by atoms with Crippen molar-refractivity contribution in [1.29, 1.82) is 0 Å². The molecular formula is C7H12N4O. The average Bonchev–Trinajstić information content (AvgIpc) is 2.21. The van der Waals surface area contributed by atoms with Crippen LogP contribution in [-0.2, 0) is 4.74 Å². The van der Waals surface area contributed by atoms with Crippen LogP contribution in [0.15, 0.2) is 9.98 Å². The fraction of sp³-hybridized carbons (Fsp3) is 0.714. The molecule has 1 saturated heterocycles. The molecule has 0 aromatic carbocycles. The lowest BCUT2D eigenvalue weighted by Crippen LogP contribution is -2.48. The van der Waals surface area contributed by atoms with Gasteiger partial charge >= 0.3 is 0 Å². The van der Waals surface area contributed by atoms with Crippen LogP contribution in [0.1, 0.15) is 0 Å². The summed E-state index contributed by atoms with van der Waals surface area (Å²) in [7, 11) is 0. The summed E-state index contributed by atoms with van der Waals surface area (Å²) in [5.41, 5.74) is 0. The van der Waals surface area contributed by atoms with Crippen molar-refractivity contribution in [2.75, 3.05) is 33.0 Å². The summed E-state index contributed by atoms with van der Waals surface area (Å²) in [4.78, 5) is 8.01. The van der Waals surface area contributed by atoms with Crippen LogP contribution in [0.4, 0.5) is 0 Å². The molecule has 0 bridgehead atoms. The monoisotopic (exact) mass is 168 g/mol. The minimum absolute atomic E-state index is 0.684. The molecule has 0 spiro atoms. The zero-order chi connectivity index (χ0) is 8.23. The smallest absolute Gasteiger partial charge is 0.127 e. The highest BCUT2D eigenvalue weighted by Crippen LogP contribution is 2.02. The molecule has 66 valence electrons. The normalized spacial score (nSPS) is 24.8. The van der Waals surface area contributed by atoms with Gasteiger partial charge in [-0.25, -0.2) is 10.0 Å². The number of hydrazine groups is 1. The Bertz CT molecular complexity index is 198. The predicted octanol–water partition coefficient (Wildman–Crippen LogP) is -0.437. The number of aliphatic imine (C=N–C) groups is 2. The van der Waals surface area contributed by atoms with Gasteiger partial charge in [0.05, 0.1) is 13.2 Å². The number of hydrogen-bond donors (Lipinski definition) is 0. The SMILES string of the molecule is C1=NC=NCN1N1CCOCC1. The molecule has 12 heavy (non-hydrogen) atoms. The largest absolute Gasteiger partial charge is 0.379 e. The molecule has 0 unspecified atom stereocenters. The molecular weight excluding hydrogens is 156 g/mol. The Morgan fingerprint density at radius 2 is 2.08 bits per heavy atom. The molecule has 0 amide bonds. The highest BCUT2D eigenvalue weighted by Gasteiger charge is 2.16. The van der Waals surface area contributed by atoms with Crippen LogP contribution in [0.25, 0.3) is 0 Å². The molecule has 2 heterocycles. The van der Waals surface area contributed by atoms with E-state index in [-0.39, 0.29) is 0 Å². The molecule has 0 aromatic rings. The van der Waals surface area contributed by atoms with Gasteiger partial charge in [0.15, 0.2) is 0 Å². The zero-order valence-corrected chi connectivity index (χ0v) is 6.89. The lowest BCUT2D eigenvalue weighted by molar-refractivity contribution is -0.0465. The first-order valence-electron chi connectivity index (χ1n) is 4.08. The number of nitrogens with zero attached hydrogens (tertiary/aromatic N) is 4. The van der Waals surface area contributed by atoms with E-state index >= 15 is 0 Å². The molecule has 5 heteroatoms. The Labute approximate surface area is 71.3 Å². The number of rotatable bonds is 1. The van der Waals surface area contributed by atoms with Crippen molar-refractivity contribution in [3.63, 3.8) is 0 Å². The topological polar surface area (TPSA) is 40.4 Å². The van der Waals surface area contributed by atoms with Gasteiger partial charge in [0.25, 0.3) is 0 Å². The standard InChI is InChI=1S/C7H12N4O/c1-3-12-4-2-10(1)11-6-8-5-9-7-11/h5-6H,1-4,7H2. The second kappa shape index (κ2) is 3.64. The Morgan fingerprint density at radius 3 is 2.75 bits per heavy atom. The van der Waals surface area contributed by atoms with Gasteiger partial charge in [0.1, 0.15) is 19.3 Å². The van der Waals surface area contributed by atoms with Crippen molar-refractivity contribution in [3.8, 4) is 0 Å². The molecule has 0 aromatic heterocycles. The van der Waals surface area contributed by atoms with Gasteiger partial charge in [0, 0.05) is 13.1 Å². The number of hydrogen-bond acceptors (Lipinski definition) is 5. The molecule has 5 nitrogen and oxygen atoms in total. The van der Waals surface area contributed by atoms with E-state index in [1.54, 1.807) is 12.7 Å². The maximum atomic E-state index is 5.24. The van der Waals surface area contributed by atoms with Gasteiger partial charge in [-0.15, -0.1) is 0 Å². The van der Waals surface area contributed by atoms with Crippen molar-refractivity contribution in [2.24, 2.45) is 9.98 Å². The predicted molar refractivity (Wildman–Crippen MR) is 46.1 cm³/mol. The van der Waals surface area contributed by atoms with Crippen LogP contribution >= 0.6 is 0 Å². The zero-order valence-electron chi connectivity index (χ0n) is 6.89. The van der Waals surface area contributed by atoms with Crippen LogP contribution in [0.3, 0.4) is 0 Å². The Kier molecular flexibility index (Phi) is 2.33. The van der Waals surface area contributed by atoms with Gasteiger partial charge < -0.3 is 4.74 Å². The van der Waals surface area contributed by atoms with Crippen molar-refractivity contribution in [2.45, 2.75) is 0 Å². The van der Waals surface area contributed by atoms with Crippen LogP contribution in [-0.4, -0.2) is 55.7 Å². The highest BCUT2D eigenvalue weighted by molar-refractivity contribution is 5.72. The molecule has 0 N–H and O–H groups in total. The van der Waals surface area contributed by atoms with E-state index in [2.05, 4.69) is 15.0 Å². The Balaban J connectivity index is 1.90. The van der Waals surface area contributed by atoms with E-state index in [0.29, 0.717) is 6.67 Å². The summed E-state index contributed by atoms with van der Waals surface area (Å²) >= 11 is 0. The lowest BCUT2D eigenvalue weighted by atomic mass is 10.5. The quantitative estimate of drug-likeness (QED) is 0.533. The maximum Gasteiger partial charge on any atom is 0.127 e. The molecule has 0 aliphatic carbocycles. The number of morpholine rings is 1. The van der Waals surface area contributed by atoms with Crippen LogP contribution in [0.2, 0.25) is 0 Å². The molecule has 0 atom stereocenters. The Morgan fingerprint density at radius 1 is 1.25 bits per heavy atom. The third-order valence-corrected chi connectivity index (χ3v) is 1.93. The molecule has 0 saturated carbocycles. The van der Waals surface area contributed by atoms with Crippen LogP contribution < -0.4 is 0 Å². The minimum atomic E-state index is 0.684. The van der Waals surface area contributed by atoms with Crippen LogP contribution in [0, 0.1) is 0 Å². The summed E-state index contributed by atoms with van der Waals surface area (Å²) in [6, 6.07) is 0. The second-order valence-corrected chi connectivity index (χ2v) is 2.71. The van der Waals surface area contributed by atoms with Gasteiger partial charge in [-0.3, -0.25) is 10.0 Å². The summed E-state index contributed by atoms with van der Waals surface area (Å²) in [5, 5.41) is 4.21. The third kappa shape index (κ3) is 1.62. The van der Waals surface area contributed by atoms with Gasteiger partial charge in [0.2, 0.25) is 0 Å². The van der Waals surface area contributed by atoms with Gasteiger partial charge in [-0.1, -0.05) is 0 Å². The van der Waals surface area contributed by atoms with Crippen molar-refractivity contribution >= 4 is 12.7 Å². The second-order valence-electron chi connectivity index (χ2n) is 2.71. The first-order chi connectivity index (χ1) is 5.97. The van der Waals surface area contributed by atoms with E-state index in [9.17, 15) is 0 Å². The molecule has 2 aliphatic heterocycles. The highest BCUT2D eigenvalue weighted by atomic mass is 16.5. The lowest BCUT2D eigenvalue weighted by Gasteiger charge is -2.35. The fourth-order valence-electron chi connectivity index (χ4n) is 1.28.